The minimum absolute atomic E-state index is 0.0198. The van der Waals surface area contributed by atoms with Crippen molar-refractivity contribution in [2.24, 2.45) is 35.5 Å². The molecule has 2 amide bonds. The van der Waals surface area contributed by atoms with Crippen molar-refractivity contribution in [3.8, 4) is 11.5 Å². The number of ether oxygens (including phenoxy) is 2. The number of aryl methyl sites for hydroxylation is 2. The van der Waals surface area contributed by atoms with Gasteiger partial charge in [0.1, 0.15) is 22.7 Å². The zero-order valence-electron chi connectivity index (χ0n) is 56.3. The Hall–Kier alpha value is -5.21. The minimum Gasteiger partial charge on any atom is -0.490 e. The second-order valence-electron chi connectivity index (χ2n) is 29.3. The quantitative estimate of drug-likeness (QED) is 0.104. The molecule has 4 aliphatic carbocycles. The number of allylic oxidation sites excluding steroid dienone is 2. The second kappa shape index (κ2) is 27.4. The summed E-state index contributed by atoms with van der Waals surface area (Å²) in [4.78, 5) is 31.6. The fourth-order valence-electron chi connectivity index (χ4n) is 16.0. The number of rotatable bonds is 6. The molecule has 12 rings (SSSR count). The molecule has 524 valence electrons. The van der Waals surface area contributed by atoms with Crippen molar-refractivity contribution in [2.45, 2.75) is 137 Å². The molecule has 19 nitrogen and oxygen atoms in total. The molecule has 0 aromatic heterocycles. The summed E-state index contributed by atoms with van der Waals surface area (Å²) in [6, 6.07) is 22.4. The Bertz CT molecular complexity index is 3930. The van der Waals surface area contributed by atoms with Crippen molar-refractivity contribution in [3.63, 3.8) is 0 Å². The monoisotopic (exact) mass is 1440 g/mol. The predicted octanol–water partition coefficient (Wildman–Crippen LogP) is 9.31. The molecular weight excluding hydrogens is 1340 g/mol. The van der Waals surface area contributed by atoms with Gasteiger partial charge in [-0.15, -0.1) is 0 Å². The Labute approximate surface area is 578 Å². The van der Waals surface area contributed by atoms with Crippen LogP contribution >= 0.6 is 23.2 Å². The number of anilines is 2. The van der Waals surface area contributed by atoms with Crippen LogP contribution in [0.1, 0.15) is 135 Å². The summed E-state index contributed by atoms with van der Waals surface area (Å²) in [6.07, 6.45) is 15.9. The fraction of sp³-hybridized carbons (Fsp3) is 0.563. The van der Waals surface area contributed by atoms with Crippen molar-refractivity contribution in [1.29, 1.82) is 0 Å². The van der Waals surface area contributed by atoms with Gasteiger partial charge < -0.3 is 29.5 Å². The van der Waals surface area contributed by atoms with Gasteiger partial charge in [0, 0.05) is 91.6 Å². The topological polar surface area (TPSA) is 250 Å². The Morgan fingerprint density at radius 1 is 0.604 bits per heavy atom. The molecule has 0 saturated heterocycles. The molecule has 25 heteroatoms. The Balaban J connectivity index is 0.000000195. The molecule has 8 aliphatic rings. The molecule has 96 heavy (non-hydrogen) atoms. The van der Waals surface area contributed by atoms with E-state index in [1.165, 1.54) is 50.4 Å². The summed E-state index contributed by atoms with van der Waals surface area (Å²) < 4.78 is 114. The van der Waals surface area contributed by atoms with E-state index in [1.807, 2.05) is 43.3 Å². The van der Waals surface area contributed by atoms with Gasteiger partial charge in [-0.25, -0.2) is 42.8 Å². The molecule has 2 saturated carbocycles. The number of amides is 2. The summed E-state index contributed by atoms with van der Waals surface area (Å²) in [5.41, 5.74) is 2.72. The first-order chi connectivity index (χ1) is 45.1. The van der Waals surface area contributed by atoms with Gasteiger partial charge in [0.2, 0.25) is 30.1 Å². The number of hydrogen-bond donors (Lipinski definition) is 4. The lowest BCUT2D eigenvalue weighted by Gasteiger charge is -2.49. The standard InChI is InChI=1S/C36H48ClN3O6S2.C35H46ClN3O7S2/c1-24-8-6-17-36(42,23-48(44,45)39(3)4)31-13-10-28(31)20-40-21-35(16-7-9-26-18-29(37)12-14-30(26)35)22-46-33-15-11-27(19-32(33)40)34(41)38-47(5,43)25(24)2;1-23-7-5-16-35(41,22-47(42,43)38(3)4)30-12-9-27(30)19-39-20-34(15-6-8-25-17-28(36)11-13-29(25)34)21-46-32-14-10-26(18-31(32)39)33(40)37-48(44,45)24(23)2/h6,11-12,14-15,17-19,24-25,28,31,42H,5,7-10,13,16,20-23H2,1-4H3,(H,38,41,43);5,10-11,13-14,16-18,23-24,27,30,41H,6-9,12,15,19-22H2,1-4H3,(H,37,40)/b17-6+;16-5+/t24-,25+,28-,31+,35-,36+,47?;23-,24+,27-,30+,34-,35-/m00/s1. The normalized spacial score (nSPS) is 33.6. The third-order valence-corrected chi connectivity index (χ3v) is 31.0. The van der Waals surface area contributed by atoms with Crippen LogP contribution in [0, 0.1) is 35.5 Å². The van der Waals surface area contributed by atoms with Gasteiger partial charge in [-0.2, -0.15) is 0 Å². The average molecular weight is 1440 g/mol. The number of carbonyl (C=O) groups is 2. The summed E-state index contributed by atoms with van der Waals surface area (Å²) in [5, 5.41) is 24.5. The number of aliphatic hydroxyl groups is 2. The van der Waals surface area contributed by atoms with E-state index in [-0.39, 0.29) is 52.4 Å². The molecule has 2 spiro atoms. The van der Waals surface area contributed by atoms with E-state index in [9.17, 15) is 49.3 Å². The van der Waals surface area contributed by atoms with Crippen LogP contribution in [0.15, 0.2) is 97.1 Å². The van der Waals surface area contributed by atoms with Crippen LogP contribution < -0.4 is 28.7 Å². The predicted molar refractivity (Wildman–Crippen MR) is 382 cm³/mol. The van der Waals surface area contributed by atoms with Crippen molar-refractivity contribution >= 4 is 92.0 Å². The number of fused-ring (bicyclic) bond motifs is 8. The van der Waals surface area contributed by atoms with Crippen LogP contribution in [0.2, 0.25) is 10.0 Å². The van der Waals surface area contributed by atoms with Gasteiger partial charge in [-0.05, 0) is 215 Å². The zero-order valence-corrected chi connectivity index (χ0v) is 61.0. The van der Waals surface area contributed by atoms with Crippen LogP contribution in [0.25, 0.3) is 0 Å². The summed E-state index contributed by atoms with van der Waals surface area (Å²) in [6.45, 7) is 10.0. The first kappa shape index (κ1) is 72.1. The molecule has 2 fully saturated rings. The lowest BCUT2D eigenvalue weighted by molar-refractivity contribution is -0.0297. The summed E-state index contributed by atoms with van der Waals surface area (Å²) >= 11 is 12.8. The lowest BCUT2D eigenvalue weighted by Crippen LogP contribution is -2.55. The molecule has 4 heterocycles. The molecule has 0 radical (unpaired) electrons. The number of sulfonamides is 3. The highest BCUT2D eigenvalue weighted by atomic mass is 35.5. The fourth-order valence-corrected chi connectivity index (χ4v) is 21.5. The maximum Gasteiger partial charge on any atom is 0.264 e. The van der Waals surface area contributed by atoms with Gasteiger partial charge in [-0.3, -0.25) is 14.3 Å². The summed E-state index contributed by atoms with van der Waals surface area (Å²) in [7, 11) is -8.80. The van der Waals surface area contributed by atoms with E-state index in [4.69, 9.17) is 32.7 Å². The van der Waals surface area contributed by atoms with E-state index < -0.39 is 90.7 Å². The number of halogens is 2. The van der Waals surface area contributed by atoms with Crippen LogP contribution in [-0.2, 0) is 63.4 Å². The van der Waals surface area contributed by atoms with Crippen molar-refractivity contribution in [2.75, 3.05) is 88.9 Å². The third kappa shape index (κ3) is 14.6. The lowest BCUT2D eigenvalue weighted by atomic mass is 9.64. The van der Waals surface area contributed by atoms with E-state index >= 15 is 0 Å². The van der Waals surface area contributed by atoms with Crippen LogP contribution in [0.3, 0.4) is 0 Å². The molecule has 4 N–H and O–H groups in total. The molecule has 4 aromatic carbocycles. The largest absolute Gasteiger partial charge is 0.490 e. The van der Waals surface area contributed by atoms with Crippen LogP contribution in [0.5, 0.6) is 11.5 Å². The first-order valence-electron chi connectivity index (χ1n) is 33.5. The van der Waals surface area contributed by atoms with E-state index in [0.717, 1.165) is 65.7 Å². The zero-order chi connectivity index (χ0) is 69.3. The average Bonchev–Trinajstić information content (AvgIpc) is 1.15. The summed E-state index contributed by atoms with van der Waals surface area (Å²) in [5.74, 6) is 1.73. The maximum atomic E-state index is 13.8. The van der Waals surface area contributed by atoms with Crippen molar-refractivity contribution < 1.29 is 58.7 Å². The van der Waals surface area contributed by atoms with Crippen LogP contribution in [-0.4, -0.2) is 167 Å². The van der Waals surface area contributed by atoms with E-state index in [1.54, 1.807) is 69.3 Å². The van der Waals surface area contributed by atoms with Crippen molar-refractivity contribution in [3.05, 3.63) is 141 Å². The maximum absolute atomic E-state index is 13.8. The van der Waals surface area contributed by atoms with Crippen LogP contribution in [0.4, 0.5) is 11.4 Å². The van der Waals surface area contributed by atoms with Gasteiger partial charge >= 0.3 is 0 Å². The Morgan fingerprint density at radius 3 is 1.43 bits per heavy atom. The number of carbonyl (C=O) groups excluding carboxylic acids is 2. The SMILES string of the molecule is C=S1(=O)NC(=O)c2ccc3c(c2)N(C[C@@H]2CC[C@H]2[C@](O)(CS(=O)(=O)N(C)C)/C=C/C[C@H](C)[C@H]1C)C[C@@]1(CCCc2cc(Cl)ccc21)CO3.C[C@@H]1[C@@H](C)C/C=C/[C@](O)(CS(=O)(=O)N(C)C)[C@@H]2CC[C@H]2CN2C[C@@]3(CCCc4cc(Cl)ccc43)COc3ccc(cc32)C(=O)NS1(=O)=O. The molecule has 4 bridgehead atoms. The van der Waals surface area contributed by atoms with Crippen molar-refractivity contribution in [1.82, 2.24) is 18.1 Å². The molecule has 13 atom stereocenters. The van der Waals surface area contributed by atoms with Gasteiger partial charge in [-0.1, -0.05) is 73.5 Å². The number of nitrogens with zero attached hydrogens (tertiary/aromatic N) is 4. The number of hydrogen-bond acceptors (Lipinski definition) is 15. The molecule has 4 aliphatic heterocycles. The first-order valence-corrected chi connectivity index (χ1v) is 40.8. The molecule has 1 unspecified atom stereocenters. The smallest absolute Gasteiger partial charge is 0.264 e. The highest BCUT2D eigenvalue weighted by Gasteiger charge is 2.52. The third-order valence-electron chi connectivity index (χ3n) is 22.6. The Kier molecular flexibility index (Phi) is 20.6. The van der Waals surface area contributed by atoms with Gasteiger partial charge in [0.25, 0.3) is 11.8 Å². The molecule has 4 aromatic rings. The number of nitrogens with one attached hydrogen (secondary N) is 2. The number of benzene rings is 4. The van der Waals surface area contributed by atoms with E-state index in [0.29, 0.717) is 91.5 Å². The Morgan fingerprint density at radius 2 is 1.02 bits per heavy atom. The minimum atomic E-state index is -4.07. The second-order valence-corrected chi connectivity index (χ2v) is 39.0. The van der Waals surface area contributed by atoms with Gasteiger partial charge in [0.05, 0.1) is 51.1 Å². The van der Waals surface area contributed by atoms with E-state index in [2.05, 4.69) is 37.2 Å². The molecular formula is C71H94Cl2N6O13S4. The highest BCUT2D eigenvalue weighted by Crippen LogP contribution is 2.51. The highest BCUT2D eigenvalue weighted by molar-refractivity contribution is 7.99. The van der Waals surface area contributed by atoms with Gasteiger partial charge in [0.15, 0.2) is 0 Å².